The molecule has 224 valence electrons. The van der Waals surface area contributed by atoms with Crippen LogP contribution in [0.2, 0.25) is 0 Å². The van der Waals surface area contributed by atoms with Gasteiger partial charge >= 0.3 is 0 Å². The van der Waals surface area contributed by atoms with Crippen LogP contribution in [0.1, 0.15) is 160 Å². The van der Waals surface area contributed by atoms with Gasteiger partial charge in [-0.25, -0.2) is 0 Å². The molecule has 0 saturated carbocycles. The lowest BCUT2D eigenvalue weighted by Crippen LogP contribution is -2.31. The molecule has 4 atom stereocenters. The molecule has 2 aliphatic heterocycles. The summed E-state index contributed by atoms with van der Waals surface area (Å²) in [6.45, 7) is 30.8. The van der Waals surface area contributed by atoms with Crippen molar-refractivity contribution in [2.75, 3.05) is 0 Å². The van der Waals surface area contributed by atoms with E-state index in [0.29, 0.717) is 11.8 Å². The van der Waals surface area contributed by atoms with E-state index in [-0.39, 0.29) is 5.41 Å². The van der Waals surface area contributed by atoms with E-state index in [1.807, 2.05) is 13.8 Å². The maximum Gasteiger partial charge on any atom is 0.233 e. The van der Waals surface area contributed by atoms with Crippen LogP contribution in [0.3, 0.4) is 0 Å². The highest BCUT2D eigenvalue weighted by molar-refractivity contribution is 5.68. The van der Waals surface area contributed by atoms with Gasteiger partial charge in [0.05, 0.1) is 11.1 Å². The fraction of sp³-hybridized carbons (Fsp3) is 0.622. The van der Waals surface area contributed by atoms with Gasteiger partial charge in [-0.05, 0) is 90.0 Å². The zero-order valence-electron chi connectivity index (χ0n) is 27.8. The van der Waals surface area contributed by atoms with E-state index < -0.39 is 12.6 Å². The van der Waals surface area contributed by atoms with Gasteiger partial charge in [0.25, 0.3) is 0 Å². The second kappa shape index (κ2) is 15.1. The van der Waals surface area contributed by atoms with Gasteiger partial charge in [0, 0.05) is 0 Å². The third-order valence-corrected chi connectivity index (χ3v) is 8.37. The van der Waals surface area contributed by atoms with Crippen LogP contribution in [-0.4, -0.2) is 0 Å². The minimum Gasteiger partial charge on any atom is -0.459 e. The molecule has 0 fully saturated rings. The van der Waals surface area contributed by atoms with Gasteiger partial charge in [-0.15, -0.1) is 0 Å². The molecule has 2 aromatic carbocycles. The molecule has 2 aliphatic rings. The Morgan fingerprint density at radius 3 is 1.90 bits per heavy atom. The fourth-order valence-electron chi connectivity index (χ4n) is 5.59. The van der Waals surface area contributed by atoms with Gasteiger partial charge in [0.15, 0.2) is 0 Å². The van der Waals surface area contributed by atoms with Crippen molar-refractivity contribution in [2.24, 2.45) is 11.3 Å². The fourth-order valence-corrected chi connectivity index (χ4v) is 5.59. The number of rotatable bonds is 9. The minimum atomic E-state index is -0.466. The van der Waals surface area contributed by atoms with E-state index in [1.54, 1.807) is 0 Å². The zero-order chi connectivity index (χ0) is 30.2. The summed E-state index contributed by atoms with van der Waals surface area (Å²) in [5, 5.41) is 0. The molecule has 0 saturated heterocycles. The maximum absolute atomic E-state index is 6.51. The van der Waals surface area contributed by atoms with E-state index >= 15 is 0 Å². The summed E-state index contributed by atoms with van der Waals surface area (Å²) in [5.74, 6) is 2.65. The largest absolute Gasteiger partial charge is 0.459 e. The third-order valence-electron chi connectivity index (χ3n) is 8.37. The van der Waals surface area contributed by atoms with Crippen molar-refractivity contribution in [3.05, 3.63) is 64.2 Å². The number of fused-ring (bicyclic) bond motifs is 6. The molecule has 0 aliphatic carbocycles. The van der Waals surface area contributed by atoms with Crippen molar-refractivity contribution in [1.29, 1.82) is 0 Å². The van der Waals surface area contributed by atoms with Gasteiger partial charge in [-0.3, -0.25) is 4.74 Å². The monoisotopic (exact) mass is 550 g/mol. The van der Waals surface area contributed by atoms with Crippen LogP contribution in [0.25, 0.3) is 5.57 Å². The highest BCUT2D eigenvalue weighted by atomic mass is 16.8. The summed E-state index contributed by atoms with van der Waals surface area (Å²) in [5.41, 5.74) is 8.09. The Balaban J connectivity index is 0.00000105. The summed E-state index contributed by atoms with van der Waals surface area (Å²) in [6.07, 6.45) is 6.31. The Labute approximate surface area is 246 Å². The lowest BCUT2D eigenvalue weighted by Gasteiger charge is -2.40. The first-order valence-corrected chi connectivity index (χ1v) is 16.0. The number of allylic oxidation sites excluding steroid dienone is 1. The predicted octanol–water partition coefficient (Wildman–Crippen LogP) is 12.0. The summed E-state index contributed by atoms with van der Waals surface area (Å²) in [7, 11) is 0. The van der Waals surface area contributed by atoms with E-state index in [1.165, 1.54) is 31.2 Å². The number of unbranched alkanes of at least 4 members (excludes halogenated alkanes) is 1. The van der Waals surface area contributed by atoms with Gasteiger partial charge < -0.3 is 9.47 Å². The summed E-state index contributed by atoms with van der Waals surface area (Å²) < 4.78 is 19.4. The number of ether oxygens (including phenoxy) is 3. The first-order valence-electron chi connectivity index (χ1n) is 16.0. The van der Waals surface area contributed by atoms with Crippen LogP contribution in [0, 0.1) is 25.2 Å². The zero-order valence-corrected chi connectivity index (χ0v) is 27.8. The molecule has 2 aromatic rings. The molecule has 4 rings (SSSR count). The molecular formula is C37H58O3. The molecule has 4 unspecified atom stereocenters. The summed E-state index contributed by atoms with van der Waals surface area (Å²) in [6, 6.07) is 8.92. The topological polar surface area (TPSA) is 27.7 Å². The van der Waals surface area contributed by atoms with Gasteiger partial charge in [0.2, 0.25) is 12.6 Å². The lowest BCUT2D eigenvalue weighted by atomic mass is 9.72. The second-order valence-electron chi connectivity index (χ2n) is 12.2. The molecule has 2 heterocycles. The third kappa shape index (κ3) is 7.52. The van der Waals surface area contributed by atoms with Crippen LogP contribution in [0.15, 0.2) is 30.8 Å². The molecular weight excluding hydrogens is 492 g/mol. The molecule has 3 nitrogen and oxygen atoms in total. The van der Waals surface area contributed by atoms with E-state index in [0.717, 1.165) is 57.7 Å². The van der Waals surface area contributed by atoms with E-state index in [9.17, 15) is 0 Å². The molecule has 0 spiro atoms. The molecule has 3 heteroatoms. The Hall–Kier alpha value is -2.26. The summed E-state index contributed by atoms with van der Waals surface area (Å²) in [4.78, 5) is 0. The molecule has 0 amide bonds. The maximum atomic E-state index is 6.51. The standard InChI is InChI=1S/C32H44O3.C3H8.C2H6/c1-10-12-14-32(8,9)23(7)25-16-21(5)29-27(18-25)31-33-28-20(4)15-24(22(6)19(3)13-11-2)17-26(28)30(34-29)35-31;1-3-2;1-2/h15-19,23,30-31H,6,10-14H2,1-5,7-9H3;3H2,1-2H3;1-2H3. The first kappa shape index (κ1) is 33.9. The van der Waals surface area contributed by atoms with Crippen molar-refractivity contribution < 1.29 is 14.2 Å². The number of benzene rings is 2. The Bertz CT molecular complexity index is 1110. The number of hydrogen-bond donors (Lipinski definition) is 0. The highest BCUT2D eigenvalue weighted by Crippen LogP contribution is 2.52. The van der Waals surface area contributed by atoms with Gasteiger partial charge in [-0.2, -0.15) is 0 Å². The van der Waals surface area contributed by atoms with Crippen LogP contribution < -0.4 is 9.47 Å². The molecule has 0 radical (unpaired) electrons. The van der Waals surface area contributed by atoms with Gasteiger partial charge in [-0.1, -0.05) is 108 Å². The van der Waals surface area contributed by atoms with Crippen LogP contribution in [0.4, 0.5) is 0 Å². The van der Waals surface area contributed by atoms with Gasteiger partial charge in [0.1, 0.15) is 11.5 Å². The van der Waals surface area contributed by atoms with Crippen molar-refractivity contribution >= 4 is 5.57 Å². The van der Waals surface area contributed by atoms with Crippen LogP contribution in [-0.2, 0) is 4.74 Å². The molecule has 0 N–H and O–H groups in total. The van der Waals surface area contributed by atoms with Crippen LogP contribution >= 0.6 is 0 Å². The average molecular weight is 551 g/mol. The Morgan fingerprint density at radius 1 is 0.850 bits per heavy atom. The quantitative estimate of drug-likeness (QED) is 0.311. The Kier molecular flexibility index (Phi) is 12.8. The number of aryl methyl sites for hydroxylation is 2. The summed E-state index contributed by atoms with van der Waals surface area (Å²) >= 11 is 0. The normalized spacial score (nSPS) is 18.3. The molecule has 40 heavy (non-hydrogen) atoms. The first-order chi connectivity index (χ1) is 19.0. The van der Waals surface area contributed by atoms with Crippen molar-refractivity contribution in [1.82, 2.24) is 0 Å². The van der Waals surface area contributed by atoms with E-state index in [4.69, 9.17) is 14.2 Å². The SMILES string of the molecule is C=C(c1cc(C)c2c(c1)C1Oc3c(C)cc(C(C)C(C)(C)CCCC)cc3C(O2)O1)C(C)CCC.CC.CCC. The molecule has 0 aromatic heterocycles. The van der Waals surface area contributed by atoms with Crippen molar-refractivity contribution in [3.63, 3.8) is 0 Å². The van der Waals surface area contributed by atoms with Crippen molar-refractivity contribution in [2.45, 2.75) is 140 Å². The minimum absolute atomic E-state index is 0.222. The number of hydrogen-bond acceptors (Lipinski definition) is 3. The predicted molar refractivity (Wildman–Crippen MR) is 172 cm³/mol. The smallest absolute Gasteiger partial charge is 0.233 e. The Morgan fingerprint density at radius 2 is 1.38 bits per heavy atom. The van der Waals surface area contributed by atoms with E-state index in [2.05, 4.69) is 100 Å². The lowest BCUT2D eigenvalue weighted by molar-refractivity contribution is -0.228. The second-order valence-corrected chi connectivity index (χ2v) is 12.2. The van der Waals surface area contributed by atoms with Crippen molar-refractivity contribution in [3.8, 4) is 11.5 Å². The highest BCUT2D eigenvalue weighted by Gasteiger charge is 2.40. The average Bonchev–Trinajstić information content (AvgIpc) is 2.93. The van der Waals surface area contributed by atoms with Crippen LogP contribution in [0.5, 0.6) is 11.5 Å². The molecule has 2 bridgehead atoms.